The highest BCUT2D eigenvalue weighted by Crippen LogP contribution is 2.30. The number of piperidine rings is 1. The smallest absolute Gasteiger partial charge is 0.243 e. The van der Waals surface area contributed by atoms with E-state index in [2.05, 4.69) is 5.32 Å². The number of rotatable bonds is 2. The fraction of sp³-hybridized carbons (Fsp3) is 0.412. The molecule has 2 aromatic carbocycles. The van der Waals surface area contributed by atoms with Crippen LogP contribution < -0.4 is 5.32 Å². The lowest BCUT2D eigenvalue weighted by Gasteiger charge is -2.33. The van der Waals surface area contributed by atoms with Gasteiger partial charge in [0.25, 0.3) is 0 Å². The second-order valence-corrected chi connectivity index (χ2v) is 8.28. The van der Waals surface area contributed by atoms with Gasteiger partial charge in [-0.1, -0.05) is 30.3 Å². The van der Waals surface area contributed by atoms with Crippen molar-refractivity contribution in [3.8, 4) is 0 Å². The van der Waals surface area contributed by atoms with Gasteiger partial charge in [-0.15, -0.1) is 0 Å². The third-order valence-corrected chi connectivity index (χ3v) is 6.89. The van der Waals surface area contributed by atoms with Gasteiger partial charge >= 0.3 is 0 Å². The van der Waals surface area contributed by atoms with Crippen molar-refractivity contribution < 1.29 is 8.42 Å². The van der Waals surface area contributed by atoms with Crippen LogP contribution in [0.4, 0.5) is 0 Å². The third-order valence-electron chi connectivity index (χ3n) is 5.03. The molecular weight excluding hydrogens is 296 g/mol. The number of hydrogen-bond acceptors (Lipinski definition) is 3. The fourth-order valence-corrected chi connectivity index (χ4v) is 5.24. The summed E-state index contributed by atoms with van der Waals surface area (Å²) < 4.78 is 27.5. The molecule has 0 bridgehead atoms. The Morgan fingerprint density at radius 2 is 1.77 bits per heavy atom. The maximum atomic E-state index is 12.9. The van der Waals surface area contributed by atoms with Gasteiger partial charge in [-0.3, -0.25) is 0 Å². The van der Waals surface area contributed by atoms with Crippen molar-refractivity contribution in [2.24, 2.45) is 11.8 Å². The summed E-state index contributed by atoms with van der Waals surface area (Å²) in [5.74, 6) is 1.10. The summed E-state index contributed by atoms with van der Waals surface area (Å²) in [7, 11) is -3.39. The molecule has 1 N–H and O–H groups in total. The first-order valence-corrected chi connectivity index (χ1v) is 9.28. The average molecular weight is 316 g/mol. The van der Waals surface area contributed by atoms with E-state index in [0.717, 1.165) is 30.3 Å². The second kappa shape index (κ2) is 5.33. The zero-order chi connectivity index (χ0) is 15.2. The van der Waals surface area contributed by atoms with Crippen molar-refractivity contribution >= 4 is 20.8 Å². The molecule has 0 saturated carbocycles. The first kappa shape index (κ1) is 14.2. The average Bonchev–Trinajstić information content (AvgIpc) is 3.02. The second-order valence-electron chi connectivity index (χ2n) is 6.34. The number of fused-ring (bicyclic) bond motifs is 2. The lowest BCUT2D eigenvalue weighted by atomic mass is 9.90. The molecule has 2 aliphatic rings. The first-order valence-electron chi connectivity index (χ1n) is 7.84. The van der Waals surface area contributed by atoms with Gasteiger partial charge in [0.1, 0.15) is 0 Å². The minimum atomic E-state index is -3.39. The van der Waals surface area contributed by atoms with E-state index in [1.807, 2.05) is 30.3 Å². The van der Waals surface area contributed by atoms with Crippen LogP contribution in [-0.4, -0.2) is 38.9 Å². The molecule has 2 unspecified atom stereocenters. The minimum Gasteiger partial charge on any atom is -0.316 e. The lowest BCUT2D eigenvalue weighted by Crippen LogP contribution is -2.43. The van der Waals surface area contributed by atoms with Crippen molar-refractivity contribution in [1.82, 2.24) is 9.62 Å². The van der Waals surface area contributed by atoms with E-state index in [0.29, 0.717) is 29.8 Å². The third kappa shape index (κ3) is 2.33. The van der Waals surface area contributed by atoms with E-state index < -0.39 is 10.0 Å². The fourth-order valence-electron chi connectivity index (χ4n) is 3.70. The highest BCUT2D eigenvalue weighted by molar-refractivity contribution is 7.89. The van der Waals surface area contributed by atoms with Gasteiger partial charge in [-0.2, -0.15) is 4.31 Å². The Morgan fingerprint density at radius 1 is 1.00 bits per heavy atom. The zero-order valence-electron chi connectivity index (χ0n) is 12.4. The Balaban J connectivity index is 1.66. The maximum Gasteiger partial charge on any atom is 0.243 e. The minimum absolute atomic E-state index is 0.413. The number of benzene rings is 2. The van der Waals surface area contributed by atoms with Crippen LogP contribution >= 0.6 is 0 Å². The molecule has 4 nitrogen and oxygen atoms in total. The largest absolute Gasteiger partial charge is 0.316 e. The van der Waals surface area contributed by atoms with E-state index in [-0.39, 0.29) is 0 Å². The lowest BCUT2D eigenvalue weighted by molar-refractivity contribution is 0.228. The molecule has 4 rings (SSSR count). The SMILES string of the molecule is O=S(=O)(c1ccc2ccccc2c1)N1CCC2CNCC2C1. The van der Waals surface area contributed by atoms with Gasteiger partial charge in [-0.05, 0) is 54.3 Å². The Bertz CT molecular complexity index is 803. The van der Waals surface area contributed by atoms with Gasteiger partial charge in [-0.25, -0.2) is 8.42 Å². The Hall–Kier alpha value is -1.43. The van der Waals surface area contributed by atoms with Crippen LogP contribution in [0.3, 0.4) is 0 Å². The van der Waals surface area contributed by atoms with E-state index in [4.69, 9.17) is 0 Å². The van der Waals surface area contributed by atoms with Crippen LogP contribution in [0.1, 0.15) is 6.42 Å². The van der Waals surface area contributed by atoms with Crippen LogP contribution in [0.15, 0.2) is 47.4 Å². The van der Waals surface area contributed by atoms with Crippen LogP contribution in [-0.2, 0) is 10.0 Å². The van der Waals surface area contributed by atoms with Crippen LogP contribution in [0.25, 0.3) is 10.8 Å². The molecule has 2 fully saturated rings. The quantitative estimate of drug-likeness (QED) is 0.923. The van der Waals surface area contributed by atoms with E-state index in [9.17, 15) is 8.42 Å². The molecule has 116 valence electrons. The number of nitrogens with zero attached hydrogens (tertiary/aromatic N) is 1. The predicted molar refractivity (Wildman–Crippen MR) is 87.2 cm³/mol. The number of hydrogen-bond donors (Lipinski definition) is 1. The summed E-state index contributed by atoms with van der Waals surface area (Å²) in [5, 5.41) is 5.42. The van der Waals surface area contributed by atoms with Crippen molar-refractivity contribution in [3.63, 3.8) is 0 Å². The molecule has 0 aliphatic carbocycles. The molecule has 2 aliphatic heterocycles. The van der Waals surface area contributed by atoms with Crippen LogP contribution in [0, 0.1) is 11.8 Å². The molecule has 2 saturated heterocycles. The maximum absolute atomic E-state index is 12.9. The monoisotopic (exact) mass is 316 g/mol. The van der Waals surface area contributed by atoms with Gasteiger partial charge in [0.2, 0.25) is 10.0 Å². The zero-order valence-corrected chi connectivity index (χ0v) is 13.2. The summed E-state index contributed by atoms with van der Waals surface area (Å²) in [6.07, 6.45) is 0.963. The summed E-state index contributed by atoms with van der Waals surface area (Å²) >= 11 is 0. The summed E-state index contributed by atoms with van der Waals surface area (Å²) in [4.78, 5) is 0.413. The van der Waals surface area contributed by atoms with Crippen molar-refractivity contribution in [2.45, 2.75) is 11.3 Å². The Morgan fingerprint density at radius 3 is 2.64 bits per heavy atom. The summed E-state index contributed by atoms with van der Waals surface area (Å²) in [5.41, 5.74) is 0. The van der Waals surface area contributed by atoms with Gasteiger partial charge in [0.15, 0.2) is 0 Å². The molecule has 5 heteroatoms. The molecule has 22 heavy (non-hydrogen) atoms. The van der Waals surface area contributed by atoms with Crippen LogP contribution in [0.2, 0.25) is 0 Å². The molecule has 2 aromatic rings. The van der Waals surface area contributed by atoms with Crippen molar-refractivity contribution in [3.05, 3.63) is 42.5 Å². The van der Waals surface area contributed by atoms with E-state index >= 15 is 0 Å². The van der Waals surface area contributed by atoms with E-state index in [1.165, 1.54) is 0 Å². The van der Waals surface area contributed by atoms with Crippen LogP contribution in [0.5, 0.6) is 0 Å². The summed E-state index contributed by atoms with van der Waals surface area (Å²) in [6.45, 7) is 3.26. The Kier molecular flexibility index (Phi) is 3.44. The van der Waals surface area contributed by atoms with Crippen molar-refractivity contribution in [1.29, 1.82) is 0 Å². The highest BCUT2D eigenvalue weighted by Gasteiger charge is 2.37. The van der Waals surface area contributed by atoms with Gasteiger partial charge < -0.3 is 5.32 Å². The van der Waals surface area contributed by atoms with Gasteiger partial charge in [0.05, 0.1) is 4.90 Å². The highest BCUT2D eigenvalue weighted by atomic mass is 32.2. The first-order chi connectivity index (χ1) is 10.6. The molecule has 0 radical (unpaired) electrons. The Labute approximate surface area is 131 Å². The molecule has 0 aromatic heterocycles. The molecule has 2 heterocycles. The molecular formula is C17H20N2O2S. The standard InChI is InChI=1S/C17H20N2O2S/c20-22(21,19-8-7-15-10-18-11-16(15)12-19)17-6-5-13-3-1-2-4-14(13)9-17/h1-6,9,15-16,18H,7-8,10-12H2. The topological polar surface area (TPSA) is 49.4 Å². The molecule has 2 atom stereocenters. The number of nitrogens with one attached hydrogen (secondary N) is 1. The van der Waals surface area contributed by atoms with Gasteiger partial charge in [0, 0.05) is 13.1 Å². The number of sulfonamides is 1. The molecule has 0 amide bonds. The normalized spacial score (nSPS) is 26.2. The van der Waals surface area contributed by atoms with Crippen molar-refractivity contribution in [2.75, 3.05) is 26.2 Å². The van der Waals surface area contributed by atoms with E-state index in [1.54, 1.807) is 16.4 Å². The molecule has 0 spiro atoms. The predicted octanol–water partition coefficient (Wildman–Crippen LogP) is 2.07. The summed E-state index contributed by atoms with van der Waals surface area (Å²) in [6, 6.07) is 13.3.